The first-order valence-corrected chi connectivity index (χ1v) is 10.4. The lowest BCUT2D eigenvalue weighted by molar-refractivity contribution is -0.144. The summed E-state index contributed by atoms with van der Waals surface area (Å²) in [5.74, 6) is -0.887. The molecule has 3 aromatic rings. The Hall–Kier alpha value is -3.51. The Balaban J connectivity index is 1.67. The van der Waals surface area contributed by atoms with E-state index in [0.29, 0.717) is 5.57 Å². The Morgan fingerprint density at radius 1 is 1.06 bits per heavy atom. The number of esters is 1. The quantitative estimate of drug-likeness (QED) is 0.583. The Bertz CT molecular complexity index is 1200. The van der Waals surface area contributed by atoms with Crippen LogP contribution in [0.5, 0.6) is 0 Å². The number of nitrogens with one attached hydrogen (secondary N) is 1. The Morgan fingerprint density at radius 3 is 2.44 bits per heavy atom. The SMILES string of the molecule is COC(=O)C(NC1C(C)=C(C)C(=O)N1Cc1ccc(F)cc1)c1ccc2ccccc2c1. The first kappa shape index (κ1) is 21.7. The smallest absolute Gasteiger partial charge is 0.327 e. The van der Waals surface area contributed by atoms with Crippen molar-refractivity contribution in [1.82, 2.24) is 10.2 Å². The lowest BCUT2D eigenvalue weighted by Crippen LogP contribution is -2.48. The normalized spacial score (nSPS) is 17.2. The second-order valence-corrected chi connectivity index (χ2v) is 8.00. The maximum Gasteiger partial charge on any atom is 0.327 e. The predicted octanol–water partition coefficient (Wildman–Crippen LogP) is 4.49. The molecule has 0 saturated carbocycles. The van der Waals surface area contributed by atoms with E-state index in [1.807, 2.05) is 49.4 Å². The molecule has 6 heteroatoms. The number of carbonyl (C=O) groups excluding carboxylic acids is 2. The first-order chi connectivity index (χ1) is 15.4. The standard InChI is InChI=1S/C26H25FN2O3/c1-16-17(2)25(30)29(15-18-8-12-22(27)13-9-18)24(16)28-23(26(31)32-3)21-11-10-19-6-4-5-7-20(19)14-21/h4-14,23-24,28H,15H2,1-3H3. The summed E-state index contributed by atoms with van der Waals surface area (Å²) in [6.45, 7) is 3.95. The van der Waals surface area contributed by atoms with Gasteiger partial charge in [-0.05, 0) is 59.5 Å². The second kappa shape index (κ2) is 8.93. The van der Waals surface area contributed by atoms with Gasteiger partial charge in [-0.1, -0.05) is 48.5 Å². The highest BCUT2D eigenvalue weighted by atomic mass is 19.1. The molecule has 1 aliphatic rings. The maximum atomic E-state index is 13.3. The molecule has 1 aliphatic heterocycles. The van der Waals surface area contributed by atoms with E-state index in [2.05, 4.69) is 5.32 Å². The molecule has 4 rings (SSSR count). The van der Waals surface area contributed by atoms with Gasteiger partial charge in [0.05, 0.1) is 7.11 Å². The number of halogens is 1. The van der Waals surface area contributed by atoms with Gasteiger partial charge in [0.25, 0.3) is 5.91 Å². The van der Waals surface area contributed by atoms with Gasteiger partial charge in [-0.2, -0.15) is 0 Å². The third-order valence-corrected chi connectivity index (χ3v) is 6.03. The van der Waals surface area contributed by atoms with Crippen LogP contribution in [0.15, 0.2) is 77.9 Å². The van der Waals surface area contributed by atoms with Crippen LogP contribution in [-0.4, -0.2) is 30.1 Å². The maximum absolute atomic E-state index is 13.3. The summed E-state index contributed by atoms with van der Waals surface area (Å²) >= 11 is 0. The number of methoxy groups -OCH3 is 1. The van der Waals surface area contributed by atoms with Crippen LogP contribution >= 0.6 is 0 Å². The Kier molecular flexibility index (Phi) is 6.06. The Morgan fingerprint density at radius 2 is 1.75 bits per heavy atom. The largest absolute Gasteiger partial charge is 0.468 e. The van der Waals surface area contributed by atoms with Gasteiger partial charge in [-0.3, -0.25) is 10.1 Å². The van der Waals surface area contributed by atoms with Crippen molar-refractivity contribution in [2.24, 2.45) is 0 Å². The Labute approximate surface area is 186 Å². The molecule has 1 amide bonds. The van der Waals surface area contributed by atoms with Gasteiger partial charge in [0.2, 0.25) is 0 Å². The van der Waals surface area contributed by atoms with Gasteiger partial charge < -0.3 is 9.64 Å². The molecular formula is C26H25FN2O3. The summed E-state index contributed by atoms with van der Waals surface area (Å²) in [6.07, 6.45) is -0.497. The summed E-state index contributed by atoms with van der Waals surface area (Å²) in [4.78, 5) is 27.4. The lowest BCUT2D eigenvalue weighted by atomic mass is 10.0. The van der Waals surface area contributed by atoms with E-state index >= 15 is 0 Å². The highest BCUT2D eigenvalue weighted by Gasteiger charge is 2.37. The summed E-state index contributed by atoms with van der Waals surface area (Å²) in [5.41, 5.74) is 3.02. The molecule has 0 fully saturated rings. The van der Waals surface area contributed by atoms with Gasteiger partial charge in [-0.15, -0.1) is 0 Å². The highest BCUT2D eigenvalue weighted by Crippen LogP contribution is 2.29. The fraction of sp³-hybridized carbons (Fsp3) is 0.231. The molecule has 164 valence electrons. The third-order valence-electron chi connectivity index (χ3n) is 6.03. The van der Waals surface area contributed by atoms with Gasteiger partial charge in [0, 0.05) is 12.1 Å². The van der Waals surface area contributed by atoms with Crippen molar-refractivity contribution in [3.8, 4) is 0 Å². The topological polar surface area (TPSA) is 58.6 Å². The van der Waals surface area contributed by atoms with Gasteiger partial charge in [-0.25, -0.2) is 9.18 Å². The molecule has 0 saturated heterocycles. The van der Waals surface area contributed by atoms with Crippen LogP contribution in [0, 0.1) is 5.82 Å². The minimum atomic E-state index is -0.765. The fourth-order valence-corrected chi connectivity index (χ4v) is 4.07. The lowest BCUT2D eigenvalue weighted by Gasteiger charge is -2.31. The summed E-state index contributed by atoms with van der Waals surface area (Å²) < 4.78 is 18.4. The zero-order chi connectivity index (χ0) is 22.8. The first-order valence-electron chi connectivity index (χ1n) is 10.4. The third kappa shape index (κ3) is 4.14. The molecule has 3 aromatic carbocycles. The van der Waals surface area contributed by atoms with E-state index in [4.69, 9.17) is 4.74 Å². The van der Waals surface area contributed by atoms with E-state index in [1.165, 1.54) is 19.2 Å². The molecule has 0 radical (unpaired) electrons. The highest BCUT2D eigenvalue weighted by molar-refractivity contribution is 5.97. The van der Waals surface area contributed by atoms with Crippen LogP contribution in [0.2, 0.25) is 0 Å². The van der Waals surface area contributed by atoms with Gasteiger partial charge in [0.1, 0.15) is 18.0 Å². The van der Waals surface area contributed by atoms with E-state index < -0.39 is 18.2 Å². The van der Waals surface area contributed by atoms with Crippen molar-refractivity contribution in [1.29, 1.82) is 0 Å². The molecule has 0 spiro atoms. The molecule has 1 heterocycles. The zero-order valence-electron chi connectivity index (χ0n) is 18.3. The summed E-state index contributed by atoms with van der Waals surface area (Å²) in [6, 6.07) is 19.0. The number of hydrogen-bond acceptors (Lipinski definition) is 4. The summed E-state index contributed by atoms with van der Waals surface area (Å²) in [5, 5.41) is 5.42. The molecule has 1 N–H and O–H groups in total. The van der Waals surface area contributed by atoms with Crippen molar-refractivity contribution < 1.29 is 18.7 Å². The molecule has 0 aromatic heterocycles. The van der Waals surface area contributed by atoms with E-state index in [-0.39, 0.29) is 18.3 Å². The van der Waals surface area contributed by atoms with Gasteiger partial charge in [0.15, 0.2) is 0 Å². The minimum Gasteiger partial charge on any atom is -0.468 e. The number of carbonyl (C=O) groups is 2. The molecule has 32 heavy (non-hydrogen) atoms. The van der Waals surface area contributed by atoms with Crippen LogP contribution in [0.1, 0.15) is 31.0 Å². The summed E-state index contributed by atoms with van der Waals surface area (Å²) in [7, 11) is 1.35. The zero-order valence-corrected chi connectivity index (χ0v) is 18.3. The van der Waals surface area contributed by atoms with Crippen molar-refractivity contribution >= 4 is 22.6 Å². The molecule has 5 nitrogen and oxygen atoms in total. The molecule has 0 aliphatic carbocycles. The monoisotopic (exact) mass is 432 g/mol. The van der Waals surface area contributed by atoms with Crippen molar-refractivity contribution in [3.05, 3.63) is 94.8 Å². The number of hydrogen-bond donors (Lipinski definition) is 1. The minimum absolute atomic E-state index is 0.119. The van der Waals surface area contributed by atoms with Crippen LogP contribution in [0.25, 0.3) is 10.8 Å². The fourth-order valence-electron chi connectivity index (χ4n) is 4.07. The van der Waals surface area contributed by atoms with Crippen molar-refractivity contribution in [2.75, 3.05) is 7.11 Å². The van der Waals surface area contributed by atoms with Gasteiger partial charge >= 0.3 is 5.97 Å². The number of amides is 1. The number of nitrogens with zero attached hydrogens (tertiary/aromatic N) is 1. The number of rotatable bonds is 6. The van der Waals surface area contributed by atoms with Crippen molar-refractivity contribution in [2.45, 2.75) is 32.6 Å². The number of benzene rings is 3. The second-order valence-electron chi connectivity index (χ2n) is 8.00. The van der Waals surface area contributed by atoms with Crippen LogP contribution in [0.3, 0.4) is 0 Å². The predicted molar refractivity (Wildman–Crippen MR) is 121 cm³/mol. The molecule has 2 atom stereocenters. The molecule has 2 unspecified atom stereocenters. The average molecular weight is 432 g/mol. The number of fused-ring (bicyclic) bond motifs is 1. The molecule has 0 bridgehead atoms. The van der Waals surface area contributed by atoms with Crippen LogP contribution in [-0.2, 0) is 20.9 Å². The number of ether oxygens (including phenoxy) is 1. The van der Waals surface area contributed by atoms with E-state index in [1.54, 1.807) is 24.0 Å². The molecular weight excluding hydrogens is 407 g/mol. The van der Waals surface area contributed by atoms with Crippen molar-refractivity contribution in [3.63, 3.8) is 0 Å². The van der Waals surface area contributed by atoms with E-state index in [9.17, 15) is 14.0 Å². The van der Waals surface area contributed by atoms with Crippen LogP contribution in [0.4, 0.5) is 4.39 Å². The van der Waals surface area contributed by atoms with E-state index in [0.717, 1.165) is 27.5 Å². The van der Waals surface area contributed by atoms with Crippen LogP contribution < -0.4 is 5.32 Å². The average Bonchev–Trinajstić information content (AvgIpc) is 3.01.